The Hall–Kier alpha value is -1.18. The van der Waals surface area contributed by atoms with E-state index in [0.29, 0.717) is 17.3 Å². The first kappa shape index (κ1) is 21.7. The maximum absolute atomic E-state index is 9.22. The minimum atomic E-state index is 0.159. The molecular formula is C29H44N2. The Balaban J connectivity index is 1.43. The standard InChI is InChI=1S/C29H44N2/c1-19-21(3)31-27(24-11-9-22-6-5-7-23(24)10-8-22)20(2)25(19)18-26(30)29-15-12-28(4,13-16-29)14-17-29/h18,20,22-24,30H,5-17H2,1-4H3/b25-18-,30-26?. The van der Waals surface area contributed by atoms with Gasteiger partial charge in [0, 0.05) is 34.4 Å². The molecule has 31 heavy (non-hydrogen) atoms. The molecule has 5 fully saturated rings. The van der Waals surface area contributed by atoms with Crippen molar-refractivity contribution in [3.8, 4) is 0 Å². The number of fused-ring (bicyclic) bond motifs is 6. The van der Waals surface area contributed by atoms with Gasteiger partial charge in [-0.15, -0.1) is 0 Å². The number of nitrogens with zero attached hydrogens (tertiary/aromatic N) is 1. The van der Waals surface area contributed by atoms with Gasteiger partial charge in [0.2, 0.25) is 0 Å². The average molecular weight is 421 g/mol. The second-order valence-corrected chi connectivity index (χ2v) is 12.4. The second kappa shape index (κ2) is 7.99. The van der Waals surface area contributed by atoms with Crippen molar-refractivity contribution in [3.63, 3.8) is 0 Å². The van der Waals surface area contributed by atoms with E-state index in [1.165, 1.54) is 106 Å². The van der Waals surface area contributed by atoms with Crippen molar-refractivity contribution in [2.24, 2.45) is 39.5 Å². The summed E-state index contributed by atoms with van der Waals surface area (Å²) in [6, 6.07) is 0. The van der Waals surface area contributed by atoms with Gasteiger partial charge in [-0.05, 0) is 113 Å². The topological polar surface area (TPSA) is 36.2 Å². The summed E-state index contributed by atoms with van der Waals surface area (Å²) in [5.41, 5.74) is 7.08. The van der Waals surface area contributed by atoms with Crippen LogP contribution in [0.1, 0.15) is 111 Å². The van der Waals surface area contributed by atoms with Crippen LogP contribution in [0.15, 0.2) is 27.9 Å². The zero-order valence-corrected chi connectivity index (χ0v) is 20.5. The lowest BCUT2D eigenvalue weighted by Crippen LogP contribution is -2.44. The molecule has 5 aliphatic carbocycles. The molecule has 1 aliphatic heterocycles. The largest absolute Gasteiger partial charge is 0.305 e. The van der Waals surface area contributed by atoms with E-state index in [4.69, 9.17) is 4.99 Å². The molecule has 0 saturated heterocycles. The lowest BCUT2D eigenvalue weighted by Gasteiger charge is -2.52. The molecule has 0 aromatic heterocycles. The predicted octanol–water partition coefficient (Wildman–Crippen LogP) is 8.28. The van der Waals surface area contributed by atoms with Crippen LogP contribution in [-0.2, 0) is 0 Å². The fraction of sp³-hybridized carbons (Fsp3) is 0.793. The number of rotatable bonds is 3. The Morgan fingerprint density at radius 1 is 0.935 bits per heavy atom. The molecule has 4 unspecified atom stereocenters. The van der Waals surface area contributed by atoms with Crippen LogP contribution in [0.4, 0.5) is 0 Å². The fourth-order valence-corrected chi connectivity index (χ4v) is 7.93. The van der Waals surface area contributed by atoms with Crippen LogP contribution in [0.3, 0.4) is 0 Å². The van der Waals surface area contributed by atoms with E-state index in [1.54, 1.807) is 0 Å². The lowest BCUT2D eigenvalue weighted by molar-refractivity contribution is 0.0488. The van der Waals surface area contributed by atoms with Gasteiger partial charge >= 0.3 is 0 Å². The first-order valence-electron chi connectivity index (χ1n) is 13.4. The first-order chi connectivity index (χ1) is 14.8. The Labute approximate surface area is 190 Å². The zero-order valence-electron chi connectivity index (χ0n) is 20.5. The van der Waals surface area contributed by atoms with E-state index in [1.807, 2.05) is 0 Å². The first-order valence-corrected chi connectivity index (χ1v) is 13.4. The number of allylic oxidation sites excluding steroid dienone is 4. The number of hydrogen-bond acceptors (Lipinski definition) is 2. The highest BCUT2D eigenvalue weighted by molar-refractivity contribution is 6.01. The molecule has 4 atom stereocenters. The van der Waals surface area contributed by atoms with Crippen LogP contribution in [-0.4, -0.2) is 11.4 Å². The predicted molar refractivity (Wildman–Crippen MR) is 132 cm³/mol. The van der Waals surface area contributed by atoms with Gasteiger partial charge in [-0.2, -0.15) is 0 Å². The van der Waals surface area contributed by atoms with Crippen LogP contribution in [0.5, 0.6) is 0 Å². The summed E-state index contributed by atoms with van der Waals surface area (Å²) in [6.45, 7) is 9.34. The third-order valence-corrected chi connectivity index (χ3v) is 10.6. The van der Waals surface area contributed by atoms with E-state index in [-0.39, 0.29) is 5.41 Å². The molecule has 4 bridgehead atoms. The lowest BCUT2D eigenvalue weighted by atomic mass is 9.53. The monoisotopic (exact) mass is 420 g/mol. The number of hydrogen-bond donors (Lipinski definition) is 1. The number of aliphatic imine (C=N–C) groups is 1. The van der Waals surface area contributed by atoms with E-state index in [2.05, 4.69) is 33.8 Å². The van der Waals surface area contributed by atoms with Crippen LogP contribution in [0.25, 0.3) is 0 Å². The van der Waals surface area contributed by atoms with E-state index < -0.39 is 0 Å². The molecule has 2 heteroatoms. The van der Waals surface area contributed by atoms with Gasteiger partial charge in [-0.25, -0.2) is 0 Å². The normalized spacial score (nSPS) is 44.3. The summed E-state index contributed by atoms with van der Waals surface area (Å²) in [5.74, 6) is 2.86. The molecule has 170 valence electrons. The van der Waals surface area contributed by atoms with Gasteiger partial charge in [-0.1, -0.05) is 33.1 Å². The molecule has 5 saturated carbocycles. The zero-order chi connectivity index (χ0) is 21.8. The van der Waals surface area contributed by atoms with Crippen molar-refractivity contribution in [1.29, 1.82) is 5.41 Å². The minimum absolute atomic E-state index is 0.159. The highest BCUT2D eigenvalue weighted by Crippen LogP contribution is 2.57. The molecule has 1 heterocycles. The summed E-state index contributed by atoms with van der Waals surface area (Å²) in [7, 11) is 0. The van der Waals surface area contributed by atoms with E-state index >= 15 is 0 Å². The SMILES string of the molecule is CC1=C(C)/C(=C/C(=N)C23CCC(C)(CC2)CC3)C(C)C(C2CCC3CCCC2CC3)=N1. The van der Waals surface area contributed by atoms with E-state index in [0.717, 1.165) is 17.5 Å². The third-order valence-electron chi connectivity index (χ3n) is 10.6. The smallest absolute Gasteiger partial charge is 0.0404 e. The average Bonchev–Trinajstić information content (AvgIpc) is 3.11. The number of nitrogens with one attached hydrogen (secondary N) is 1. The summed E-state index contributed by atoms with van der Waals surface area (Å²) >= 11 is 0. The Kier molecular flexibility index (Phi) is 5.58. The van der Waals surface area contributed by atoms with Gasteiger partial charge in [0.25, 0.3) is 0 Å². The molecule has 0 amide bonds. The molecule has 0 radical (unpaired) electrons. The maximum atomic E-state index is 9.22. The van der Waals surface area contributed by atoms with Gasteiger partial charge < -0.3 is 5.41 Å². The minimum Gasteiger partial charge on any atom is -0.305 e. The van der Waals surface area contributed by atoms with E-state index in [9.17, 15) is 5.41 Å². The van der Waals surface area contributed by atoms with Gasteiger partial charge in [0.05, 0.1) is 0 Å². The van der Waals surface area contributed by atoms with Crippen molar-refractivity contribution in [3.05, 3.63) is 22.9 Å². The van der Waals surface area contributed by atoms with Crippen LogP contribution in [0.2, 0.25) is 0 Å². The van der Waals surface area contributed by atoms with Crippen LogP contribution < -0.4 is 0 Å². The third kappa shape index (κ3) is 3.80. The van der Waals surface area contributed by atoms with Crippen molar-refractivity contribution in [2.75, 3.05) is 0 Å². The van der Waals surface area contributed by atoms with Crippen molar-refractivity contribution < 1.29 is 0 Å². The molecule has 6 rings (SSSR count). The molecule has 0 spiro atoms. The van der Waals surface area contributed by atoms with Crippen LogP contribution in [0, 0.1) is 39.9 Å². The molecular weight excluding hydrogens is 376 g/mol. The molecule has 0 aromatic rings. The van der Waals surface area contributed by atoms with Gasteiger partial charge in [0.1, 0.15) is 0 Å². The molecule has 1 N–H and O–H groups in total. The molecule has 0 aromatic carbocycles. The van der Waals surface area contributed by atoms with Crippen molar-refractivity contribution in [2.45, 2.75) is 111 Å². The summed E-state index contributed by atoms with van der Waals surface area (Å²) < 4.78 is 0. The summed E-state index contributed by atoms with van der Waals surface area (Å²) in [4.78, 5) is 5.27. The van der Waals surface area contributed by atoms with Gasteiger partial charge in [0.15, 0.2) is 0 Å². The summed E-state index contributed by atoms with van der Waals surface area (Å²) in [6.07, 6.45) is 19.9. The van der Waals surface area contributed by atoms with Gasteiger partial charge in [-0.3, -0.25) is 4.99 Å². The van der Waals surface area contributed by atoms with Crippen LogP contribution >= 0.6 is 0 Å². The Bertz CT molecular complexity index is 816. The highest BCUT2D eigenvalue weighted by Gasteiger charge is 2.48. The maximum Gasteiger partial charge on any atom is 0.0404 e. The van der Waals surface area contributed by atoms with Crippen molar-refractivity contribution in [1.82, 2.24) is 0 Å². The fourth-order valence-electron chi connectivity index (χ4n) is 7.93. The Morgan fingerprint density at radius 3 is 2.32 bits per heavy atom. The highest BCUT2D eigenvalue weighted by atomic mass is 14.8. The second-order valence-electron chi connectivity index (χ2n) is 12.4. The molecule has 2 nitrogen and oxygen atoms in total. The Morgan fingerprint density at radius 2 is 1.61 bits per heavy atom. The summed E-state index contributed by atoms with van der Waals surface area (Å²) in [5, 5.41) is 9.22. The molecule has 6 aliphatic rings. The quantitative estimate of drug-likeness (QED) is 0.446. The van der Waals surface area contributed by atoms with Crippen molar-refractivity contribution >= 4 is 11.4 Å².